The minimum atomic E-state index is -1.99. The zero-order chi connectivity index (χ0) is 98.8. The van der Waals surface area contributed by atoms with Crippen LogP contribution >= 0.6 is 11.8 Å². The topological polar surface area (TPSA) is 620 Å². The molecule has 0 saturated carbocycles. The summed E-state index contributed by atoms with van der Waals surface area (Å²) in [5.41, 5.74) is 6.31. The van der Waals surface area contributed by atoms with Gasteiger partial charge in [-0.1, -0.05) is 109 Å². The number of aliphatic carboxylic acids is 3. The van der Waals surface area contributed by atoms with Gasteiger partial charge >= 0.3 is 17.9 Å². The van der Waals surface area contributed by atoms with Crippen molar-refractivity contribution in [3.05, 3.63) is 95.6 Å². The van der Waals surface area contributed by atoms with Gasteiger partial charge in [-0.25, -0.2) is 0 Å². The Morgan fingerprint density at radius 1 is 0.455 bits per heavy atom. The molecule has 1 aliphatic rings. The lowest BCUT2D eigenvalue weighted by Gasteiger charge is -2.28. The number of hydrogen-bond donors (Lipinski definition) is 17. The Morgan fingerprint density at radius 3 is 1.43 bits per heavy atom. The molecule has 0 bridgehead atoms. The summed E-state index contributed by atoms with van der Waals surface area (Å²) in [6, 6.07) is 10.5. The molecule has 8 amide bonds. The van der Waals surface area contributed by atoms with Crippen LogP contribution in [-0.2, 0) is 110 Å². The molecule has 38 heteroatoms. The van der Waals surface area contributed by atoms with Crippen LogP contribution in [0.2, 0.25) is 0 Å². The number of aromatic hydroxyl groups is 2. The molecule has 18 N–H and O–H groups in total. The summed E-state index contributed by atoms with van der Waals surface area (Å²) >= 11 is 1.01. The van der Waals surface area contributed by atoms with Crippen LogP contribution in [0.4, 0.5) is 0 Å². The van der Waals surface area contributed by atoms with Crippen molar-refractivity contribution in [2.24, 2.45) is 64.4 Å². The molecular weight excluding hydrogens is 1740 g/mol. The van der Waals surface area contributed by atoms with Gasteiger partial charge in [0.1, 0.15) is 29.1 Å². The van der Waals surface area contributed by atoms with Crippen LogP contribution in [0.25, 0.3) is 0 Å². The predicted octanol–water partition coefficient (Wildman–Crippen LogP) is 3.32. The number of rotatable bonds is 67. The van der Waals surface area contributed by atoms with Crippen LogP contribution in [0.3, 0.4) is 0 Å². The van der Waals surface area contributed by atoms with E-state index in [4.69, 9.17) is 5.73 Å². The fraction of sp³-hybridized carbons (Fsp3) is 0.606. The first-order valence-corrected chi connectivity index (χ1v) is 46.0. The number of aliphatic hydroxyl groups is 4. The smallest absolute Gasteiger partial charge is 0.304 e. The first-order chi connectivity index (χ1) is 62.2. The number of carbonyl (C=O) groups is 19. The molecular formula is C94H135N9O28S. The molecule has 0 aliphatic carbocycles. The van der Waals surface area contributed by atoms with E-state index < -0.39 is 285 Å². The maximum atomic E-state index is 14.9. The number of thioether (sulfide) groups is 1. The van der Waals surface area contributed by atoms with E-state index in [1.54, 1.807) is 69.9 Å². The van der Waals surface area contributed by atoms with Gasteiger partial charge in [0.2, 0.25) is 47.3 Å². The molecule has 730 valence electrons. The summed E-state index contributed by atoms with van der Waals surface area (Å²) in [6.45, 7) is 12.9. The third-order valence-corrected chi connectivity index (χ3v) is 24.5. The number of phenols is 2. The van der Waals surface area contributed by atoms with Gasteiger partial charge in [0.05, 0.1) is 110 Å². The number of likely N-dealkylation sites (tertiary alicyclic amines) is 1. The van der Waals surface area contributed by atoms with Gasteiger partial charge in [-0.15, -0.1) is 11.8 Å². The van der Waals surface area contributed by atoms with Crippen molar-refractivity contribution in [2.45, 2.75) is 252 Å². The normalized spacial score (nSPS) is 16.1. The van der Waals surface area contributed by atoms with Gasteiger partial charge in [0.25, 0.3) is 0 Å². The highest BCUT2D eigenvalue weighted by atomic mass is 32.2. The number of nitrogens with two attached hydrogens (primary N) is 1. The minimum Gasteiger partial charge on any atom is -0.508 e. The molecule has 3 aromatic carbocycles. The Hall–Kier alpha value is -11.1. The van der Waals surface area contributed by atoms with Crippen molar-refractivity contribution in [1.82, 2.24) is 42.1 Å². The minimum absolute atomic E-state index is 0.0138. The number of benzene rings is 3. The number of Topliss-reactive ketones (excluding diaryl/α,β-unsaturated/α-hetero) is 8. The number of carboxylic acid groups (broad SMARTS) is 3. The molecule has 3 aromatic rings. The Kier molecular flexibility index (Phi) is 49.2. The third kappa shape index (κ3) is 40.6. The number of phenolic OH excluding ortho intramolecular Hbond substituents is 2. The second-order valence-corrected chi connectivity index (χ2v) is 36.6. The average Bonchev–Trinajstić information content (AvgIpc) is 1.72. The lowest BCUT2D eigenvalue weighted by molar-refractivity contribution is -0.143. The average molecular weight is 1870 g/mol. The van der Waals surface area contributed by atoms with Crippen LogP contribution in [0.5, 0.6) is 11.5 Å². The van der Waals surface area contributed by atoms with Gasteiger partial charge in [-0.05, 0) is 138 Å². The number of amides is 8. The van der Waals surface area contributed by atoms with Crippen molar-refractivity contribution in [3.8, 4) is 11.5 Å². The molecule has 37 nitrogen and oxygen atoms in total. The molecule has 1 heterocycles. The molecule has 0 radical (unpaired) electrons. The van der Waals surface area contributed by atoms with Gasteiger partial charge in [-0.3, -0.25) is 91.1 Å². The maximum absolute atomic E-state index is 14.9. The number of hydrogen-bond acceptors (Lipinski definition) is 27. The van der Waals surface area contributed by atoms with E-state index in [0.717, 1.165) is 18.7 Å². The first-order valence-electron chi connectivity index (χ1n) is 44.9. The van der Waals surface area contributed by atoms with Gasteiger partial charge in [0, 0.05) is 94.2 Å². The maximum Gasteiger partial charge on any atom is 0.304 e. The van der Waals surface area contributed by atoms with E-state index in [1.807, 2.05) is 13.8 Å². The van der Waals surface area contributed by atoms with Crippen molar-refractivity contribution in [3.63, 3.8) is 0 Å². The molecule has 16 atom stereocenters. The monoisotopic (exact) mass is 1870 g/mol. The molecule has 1 fully saturated rings. The SMILES string of the molecule is CC[C@H](C)[C@H](NC(=O)[C@H](CO)CC(=O)[C@H](Cc1ccc(O)cc1)NC(=O)[C@H](CC(=O)O)CC(=O)[C@H](CO)NC(=O)[C@@H](CC(=O)[C@H](Cc1ccccc1)NC(=O)[C@@H](CC(=O)CNC(=O)[C@H](CCC(=O)O)CC(=O)CSCC(=O)CCCN1CCC(C)(C)C1=O)[C@@H](C)O)[C@@H](C)O)C(=O)C[C@@H](Cc1ccc(O)cc1)C(=O)N[C@@H](CC(C)C)C(=O)C[C@@H](CC(=O)O)C(=O)N[C@H](C)CCCCN. The van der Waals surface area contributed by atoms with Crippen LogP contribution in [0, 0.1) is 58.7 Å². The summed E-state index contributed by atoms with van der Waals surface area (Å²) in [4.78, 5) is 262. The fourth-order valence-electron chi connectivity index (χ4n) is 15.3. The number of carbonyl (C=O) groups excluding carboxylic acids is 16. The van der Waals surface area contributed by atoms with E-state index in [1.165, 1.54) is 55.5 Å². The standard InChI is InChI=1S/C94H135N9O28S/c1-10-54(4)85(81(117)42-62(36-59-21-26-66(108)27-22-59)88(126)98-73(35-53(2)3)77(113)40-63(44-83(120)121)87(125)97-55(5)17-14-15-32-95)102-90(128)65(49-104)43-78(114)74(38-60-23-28-67(109)29-24-60)99-89(127)64(45-84(122)123)41-79(115)76(50-105)101-92(130)72(57(7)107)47-80(116)75(37-58-18-12-11-13-19-58)100-91(129)71(56(6)106)46-69(111)48-96-86(124)61(25-30-82(118)119)39-70(112)52-132-51-68(110)20-16-33-103-34-31-94(8,9)93(103)131/h11-13,18-19,21-24,26-29,53-57,61-65,71-76,85,104-109H,10,14-17,20,25,30-52,95H2,1-9H3,(H,96,124)(H,97,125)(H,98,126)(H,99,127)(H,100,129)(H,101,130)(H,102,128)(H,118,119)(H,120,121)(H,122,123)/t54-,55+,56+,57+,61+,62+,63-,64-,65-,71-,72-,73-,74-,75-,76-,85-/m0/s1. The Morgan fingerprint density at radius 2 is 0.924 bits per heavy atom. The Balaban J connectivity index is 1.52. The van der Waals surface area contributed by atoms with Crippen molar-refractivity contribution in [2.75, 3.05) is 50.9 Å². The molecule has 0 aromatic heterocycles. The molecule has 132 heavy (non-hydrogen) atoms. The number of ketones is 8. The Labute approximate surface area is 773 Å². The zero-order valence-electron chi connectivity index (χ0n) is 76.7. The van der Waals surface area contributed by atoms with Gasteiger partial charge in [-0.2, -0.15) is 0 Å². The van der Waals surface area contributed by atoms with E-state index in [9.17, 15) is 137 Å². The first kappa shape index (κ1) is 113. The lowest BCUT2D eigenvalue weighted by Crippen LogP contribution is -2.52. The van der Waals surface area contributed by atoms with Crippen molar-refractivity contribution < 1.29 is 137 Å². The van der Waals surface area contributed by atoms with E-state index >= 15 is 0 Å². The van der Waals surface area contributed by atoms with Crippen molar-refractivity contribution in [1.29, 1.82) is 0 Å². The van der Waals surface area contributed by atoms with Crippen LogP contribution in [-0.4, -0.2) is 262 Å². The highest BCUT2D eigenvalue weighted by molar-refractivity contribution is 8.00. The summed E-state index contributed by atoms with van der Waals surface area (Å²) in [5.74, 6) is -29.7. The molecule has 0 unspecified atom stereocenters. The second kappa shape index (κ2) is 57.4. The van der Waals surface area contributed by atoms with E-state index in [-0.39, 0.29) is 90.7 Å². The van der Waals surface area contributed by atoms with E-state index in [2.05, 4.69) is 37.2 Å². The summed E-state index contributed by atoms with van der Waals surface area (Å²) < 4.78 is 0. The fourth-order valence-corrected chi connectivity index (χ4v) is 16.1. The van der Waals surface area contributed by atoms with Crippen LogP contribution < -0.4 is 43.0 Å². The Bertz CT molecular complexity index is 4410. The number of unbranched alkanes of at least 4 members (excludes halogenated alkanes) is 1. The van der Waals surface area contributed by atoms with Crippen molar-refractivity contribution >= 4 is 123 Å². The largest absolute Gasteiger partial charge is 0.508 e. The summed E-state index contributed by atoms with van der Waals surface area (Å²) in [7, 11) is 0. The zero-order valence-corrected chi connectivity index (χ0v) is 77.6. The number of aliphatic hydroxyl groups excluding tert-OH is 4. The van der Waals surface area contributed by atoms with Gasteiger partial charge < -0.3 is 93.8 Å². The highest BCUT2D eigenvalue weighted by Crippen LogP contribution is 2.32. The number of nitrogens with one attached hydrogen (secondary N) is 7. The highest BCUT2D eigenvalue weighted by Gasteiger charge is 2.42. The molecule has 0 spiro atoms. The third-order valence-electron chi connectivity index (χ3n) is 23.5. The number of nitrogens with zero attached hydrogens (tertiary/aromatic N) is 1. The molecule has 1 saturated heterocycles. The van der Waals surface area contributed by atoms with Gasteiger partial charge in [0.15, 0.2) is 34.7 Å². The number of carboxylic acids is 3. The molecule has 1 aliphatic heterocycles. The van der Waals surface area contributed by atoms with Crippen LogP contribution in [0.15, 0.2) is 78.9 Å². The summed E-state index contributed by atoms with van der Waals surface area (Å²) in [5, 5.41) is 111. The summed E-state index contributed by atoms with van der Waals surface area (Å²) in [6.07, 6.45) is -8.77. The van der Waals surface area contributed by atoms with Crippen LogP contribution in [0.1, 0.15) is 201 Å². The predicted molar refractivity (Wildman–Crippen MR) is 483 cm³/mol. The molecule has 4 rings (SSSR count). The quantitative estimate of drug-likeness (QED) is 0.0360. The van der Waals surface area contributed by atoms with E-state index in [0.29, 0.717) is 62.9 Å². The lowest BCUT2D eigenvalue weighted by atomic mass is 9.85. The second-order valence-electron chi connectivity index (χ2n) is 35.7.